The van der Waals surface area contributed by atoms with Crippen molar-refractivity contribution < 1.29 is 17.7 Å². The highest BCUT2D eigenvalue weighted by Crippen LogP contribution is 2.27. The first-order valence-electron chi connectivity index (χ1n) is 6.47. The van der Waals surface area contributed by atoms with E-state index in [0.29, 0.717) is 16.9 Å². The Morgan fingerprint density at radius 2 is 1.90 bits per heavy atom. The van der Waals surface area contributed by atoms with E-state index in [1.54, 1.807) is 25.1 Å². The molecule has 0 aliphatic heterocycles. The zero-order valence-corrected chi connectivity index (χ0v) is 12.6. The monoisotopic (exact) mass is 310 g/mol. The van der Waals surface area contributed by atoms with Gasteiger partial charge in [0, 0.05) is 21.9 Å². The van der Waals surface area contributed by atoms with Gasteiger partial charge in [0.05, 0.1) is 18.1 Å². The van der Waals surface area contributed by atoms with Crippen LogP contribution >= 0.6 is 0 Å². The maximum absolute atomic E-state index is 13.7. The highest BCUT2D eigenvalue weighted by molar-refractivity contribution is 7.84. The van der Waals surface area contributed by atoms with Crippen molar-refractivity contribution in [2.24, 2.45) is 0 Å². The van der Waals surface area contributed by atoms with Crippen LogP contribution in [-0.2, 0) is 16.6 Å². The summed E-state index contributed by atoms with van der Waals surface area (Å²) in [5, 5.41) is -0.487. The van der Waals surface area contributed by atoms with Gasteiger partial charge >= 0.3 is 0 Å². The minimum absolute atomic E-state index is 0.108. The van der Waals surface area contributed by atoms with Crippen molar-refractivity contribution in [3.63, 3.8) is 0 Å². The van der Waals surface area contributed by atoms with Crippen LogP contribution < -0.4 is 4.74 Å². The summed E-state index contributed by atoms with van der Waals surface area (Å²) in [5.41, 5.74) is 0.908. The molecule has 2 aromatic rings. The van der Waals surface area contributed by atoms with Gasteiger partial charge in [0.25, 0.3) is 0 Å². The Morgan fingerprint density at radius 3 is 2.57 bits per heavy atom. The van der Waals surface area contributed by atoms with Gasteiger partial charge in [-0.2, -0.15) is 0 Å². The molecule has 5 heteroatoms. The molecule has 0 unspecified atom stereocenters. The van der Waals surface area contributed by atoms with Gasteiger partial charge < -0.3 is 4.74 Å². The SMILES string of the molecule is COc1ccc(F)cc1C[S@@](=O)[C@@H](C)c1ccccc1F. The van der Waals surface area contributed by atoms with E-state index in [1.165, 1.54) is 31.4 Å². The molecular weight excluding hydrogens is 294 g/mol. The van der Waals surface area contributed by atoms with Crippen LogP contribution in [-0.4, -0.2) is 11.3 Å². The van der Waals surface area contributed by atoms with Gasteiger partial charge in [-0.3, -0.25) is 4.21 Å². The predicted molar refractivity (Wildman–Crippen MR) is 79.6 cm³/mol. The molecule has 0 aliphatic carbocycles. The zero-order valence-electron chi connectivity index (χ0n) is 11.8. The first kappa shape index (κ1) is 15.6. The van der Waals surface area contributed by atoms with Crippen LogP contribution in [0.5, 0.6) is 5.75 Å². The molecule has 112 valence electrons. The molecule has 0 aliphatic rings. The Balaban J connectivity index is 2.22. The van der Waals surface area contributed by atoms with Crippen molar-refractivity contribution in [3.05, 3.63) is 65.2 Å². The van der Waals surface area contributed by atoms with E-state index in [-0.39, 0.29) is 11.6 Å². The number of ether oxygens (including phenoxy) is 1. The second kappa shape index (κ2) is 6.80. The fourth-order valence-corrected chi connectivity index (χ4v) is 3.34. The zero-order chi connectivity index (χ0) is 15.4. The van der Waals surface area contributed by atoms with Gasteiger partial charge in [-0.05, 0) is 31.2 Å². The quantitative estimate of drug-likeness (QED) is 0.835. The summed E-state index contributed by atoms with van der Waals surface area (Å²) in [6.45, 7) is 1.69. The van der Waals surface area contributed by atoms with Crippen LogP contribution in [0.3, 0.4) is 0 Å². The maximum Gasteiger partial charge on any atom is 0.127 e. The summed E-state index contributed by atoms with van der Waals surface area (Å²) in [7, 11) is 0.0883. The largest absolute Gasteiger partial charge is 0.496 e. The lowest BCUT2D eigenvalue weighted by Crippen LogP contribution is -2.08. The van der Waals surface area contributed by atoms with Crippen LogP contribution in [0.15, 0.2) is 42.5 Å². The molecule has 0 aromatic heterocycles. The van der Waals surface area contributed by atoms with Crippen LogP contribution in [0.25, 0.3) is 0 Å². The summed E-state index contributed by atoms with van der Waals surface area (Å²) in [6, 6.07) is 10.3. The Labute approximate surface area is 125 Å². The molecular formula is C16H16F2O2S. The second-order valence-corrected chi connectivity index (χ2v) is 6.40. The van der Waals surface area contributed by atoms with Gasteiger partial charge in [-0.25, -0.2) is 8.78 Å². The predicted octanol–water partition coefficient (Wildman–Crippen LogP) is 3.98. The highest BCUT2D eigenvalue weighted by atomic mass is 32.2. The van der Waals surface area contributed by atoms with Crippen molar-refractivity contribution in [1.82, 2.24) is 0 Å². The van der Waals surface area contributed by atoms with Crippen molar-refractivity contribution in [3.8, 4) is 5.75 Å². The molecule has 2 nitrogen and oxygen atoms in total. The smallest absolute Gasteiger partial charge is 0.127 e. The number of benzene rings is 2. The van der Waals surface area contributed by atoms with Crippen molar-refractivity contribution in [1.29, 1.82) is 0 Å². The van der Waals surface area contributed by atoms with Crippen molar-refractivity contribution in [2.45, 2.75) is 17.9 Å². The summed E-state index contributed by atoms with van der Waals surface area (Å²) in [6.07, 6.45) is 0. The van der Waals surface area contributed by atoms with E-state index < -0.39 is 21.9 Å². The highest BCUT2D eigenvalue weighted by Gasteiger charge is 2.19. The maximum atomic E-state index is 13.7. The molecule has 0 radical (unpaired) electrons. The molecule has 0 spiro atoms. The molecule has 0 bridgehead atoms. The number of halogens is 2. The molecule has 0 fully saturated rings. The van der Waals surface area contributed by atoms with E-state index in [0.717, 1.165) is 0 Å². The average Bonchev–Trinajstić information content (AvgIpc) is 2.47. The fraction of sp³-hybridized carbons (Fsp3) is 0.250. The number of methoxy groups -OCH3 is 1. The van der Waals surface area contributed by atoms with Crippen molar-refractivity contribution in [2.75, 3.05) is 7.11 Å². The van der Waals surface area contributed by atoms with Gasteiger partial charge in [-0.15, -0.1) is 0 Å². The fourth-order valence-electron chi connectivity index (χ4n) is 2.08. The first-order valence-corrected chi connectivity index (χ1v) is 7.85. The Kier molecular flexibility index (Phi) is 5.07. The molecule has 0 amide bonds. The Morgan fingerprint density at radius 1 is 1.19 bits per heavy atom. The van der Waals surface area contributed by atoms with E-state index >= 15 is 0 Å². The molecule has 21 heavy (non-hydrogen) atoms. The molecule has 0 saturated carbocycles. The van der Waals surface area contributed by atoms with Gasteiger partial charge in [0.1, 0.15) is 17.4 Å². The van der Waals surface area contributed by atoms with E-state index in [9.17, 15) is 13.0 Å². The lowest BCUT2D eigenvalue weighted by atomic mass is 10.1. The van der Waals surface area contributed by atoms with Gasteiger partial charge in [0.15, 0.2) is 0 Å². The van der Waals surface area contributed by atoms with Crippen LogP contribution in [0.4, 0.5) is 8.78 Å². The number of hydrogen-bond donors (Lipinski definition) is 0. The van der Waals surface area contributed by atoms with E-state index in [2.05, 4.69) is 0 Å². The molecule has 0 saturated heterocycles. The van der Waals surface area contributed by atoms with Crippen LogP contribution in [0, 0.1) is 11.6 Å². The summed E-state index contributed by atoms with van der Waals surface area (Å²) in [4.78, 5) is 0. The normalized spacial score (nSPS) is 13.7. The third kappa shape index (κ3) is 3.67. The minimum Gasteiger partial charge on any atom is -0.496 e. The Hall–Kier alpha value is -1.75. The Bertz CT molecular complexity index is 658. The second-order valence-electron chi connectivity index (χ2n) is 4.64. The standard InChI is InChI=1S/C16H16F2O2S/c1-11(14-5-3-4-6-15(14)18)21(19)10-12-9-13(17)7-8-16(12)20-2/h3-9,11H,10H2,1-2H3/t11-,21+/m0/s1. The summed E-state index contributed by atoms with van der Waals surface area (Å²) in [5.74, 6) is -0.215. The molecule has 0 N–H and O–H groups in total. The molecule has 2 atom stereocenters. The van der Waals surface area contributed by atoms with Gasteiger partial charge in [0.2, 0.25) is 0 Å². The summed E-state index contributed by atoms with van der Waals surface area (Å²) < 4.78 is 44.6. The summed E-state index contributed by atoms with van der Waals surface area (Å²) >= 11 is 0. The topological polar surface area (TPSA) is 26.3 Å². The third-order valence-electron chi connectivity index (χ3n) is 3.28. The third-order valence-corrected chi connectivity index (χ3v) is 4.92. The number of rotatable bonds is 5. The van der Waals surface area contributed by atoms with Crippen molar-refractivity contribution >= 4 is 10.8 Å². The van der Waals surface area contributed by atoms with E-state index in [4.69, 9.17) is 4.74 Å². The van der Waals surface area contributed by atoms with E-state index in [1.807, 2.05) is 0 Å². The van der Waals surface area contributed by atoms with Crippen LogP contribution in [0.2, 0.25) is 0 Å². The lowest BCUT2D eigenvalue weighted by Gasteiger charge is -2.14. The average molecular weight is 310 g/mol. The van der Waals surface area contributed by atoms with Crippen LogP contribution in [0.1, 0.15) is 23.3 Å². The van der Waals surface area contributed by atoms with Gasteiger partial charge in [-0.1, -0.05) is 18.2 Å². The minimum atomic E-state index is -1.38. The number of hydrogen-bond acceptors (Lipinski definition) is 2. The molecule has 2 rings (SSSR count). The lowest BCUT2D eigenvalue weighted by molar-refractivity contribution is 0.410. The first-order chi connectivity index (χ1) is 10.0. The molecule has 2 aromatic carbocycles. The molecule has 0 heterocycles.